The predicted molar refractivity (Wildman–Crippen MR) is 81.4 cm³/mol. The van der Waals surface area contributed by atoms with Crippen molar-refractivity contribution in [1.82, 2.24) is 10.3 Å². The number of carbonyl (C=O) groups excluding carboxylic acids is 1. The Morgan fingerprint density at radius 1 is 1.40 bits per heavy atom. The van der Waals surface area contributed by atoms with Crippen molar-refractivity contribution >= 4 is 17.5 Å². The highest BCUT2D eigenvalue weighted by molar-refractivity contribution is 6.29. The quantitative estimate of drug-likeness (QED) is 0.648. The minimum atomic E-state index is -0.144. The van der Waals surface area contributed by atoms with Gasteiger partial charge in [-0.05, 0) is 25.5 Å². The molecule has 0 aliphatic heterocycles. The third kappa shape index (κ3) is 5.47. The van der Waals surface area contributed by atoms with E-state index in [1.54, 1.807) is 12.1 Å². The first-order valence-electron chi connectivity index (χ1n) is 6.88. The normalized spacial score (nSPS) is 11.4. The second kappa shape index (κ2) is 7.60. The molecular formula is C15H23ClN2O2. The summed E-state index contributed by atoms with van der Waals surface area (Å²) in [5.41, 5.74) is 1.21. The van der Waals surface area contributed by atoms with Crippen molar-refractivity contribution in [3.05, 3.63) is 28.5 Å². The zero-order valence-electron chi connectivity index (χ0n) is 12.6. The van der Waals surface area contributed by atoms with E-state index < -0.39 is 0 Å². The van der Waals surface area contributed by atoms with Crippen LogP contribution in [0.15, 0.2) is 12.1 Å². The molecule has 4 nitrogen and oxygen atoms in total. The zero-order valence-corrected chi connectivity index (χ0v) is 13.4. The Bertz CT molecular complexity index is 456. The number of nitrogens with one attached hydrogen (secondary N) is 1. The van der Waals surface area contributed by atoms with Crippen LogP contribution in [0, 0.1) is 0 Å². The number of hydrogen-bond acceptors (Lipinski definition) is 3. The first-order valence-corrected chi connectivity index (χ1v) is 7.26. The van der Waals surface area contributed by atoms with Crippen molar-refractivity contribution in [2.24, 2.45) is 0 Å². The molecule has 112 valence electrons. The summed E-state index contributed by atoms with van der Waals surface area (Å²) < 4.78 is 5.22. The fourth-order valence-corrected chi connectivity index (χ4v) is 1.84. The van der Waals surface area contributed by atoms with Gasteiger partial charge in [-0.2, -0.15) is 0 Å². The highest BCUT2D eigenvalue weighted by Gasteiger charge is 2.18. The van der Waals surface area contributed by atoms with E-state index in [-0.39, 0.29) is 11.3 Å². The molecular weight excluding hydrogens is 276 g/mol. The Balaban J connectivity index is 2.66. The van der Waals surface area contributed by atoms with Gasteiger partial charge in [0.2, 0.25) is 0 Å². The van der Waals surface area contributed by atoms with Crippen molar-refractivity contribution in [2.45, 2.75) is 39.5 Å². The van der Waals surface area contributed by atoms with Crippen LogP contribution in [0.3, 0.4) is 0 Å². The molecule has 0 fully saturated rings. The largest absolute Gasteiger partial charge is 0.382 e. The van der Waals surface area contributed by atoms with Crippen LogP contribution in [0.1, 0.15) is 50.2 Å². The summed E-state index contributed by atoms with van der Waals surface area (Å²) in [6.07, 6.45) is 0.796. The lowest BCUT2D eigenvalue weighted by atomic mass is 9.91. The number of nitrogens with zero attached hydrogens (tertiary/aromatic N) is 1. The van der Waals surface area contributed by atoms with Crippen LogP contribution < -0.4 is 5.32 Å². The standard InChI is InChI=1S/C15H23ClN2O2/c1-5-20-8-6-7-17-14(19)11-9-12(15(2,3)4)18-13(16)10-11/h9-10H,5-8H2,1-4H3,(H,17,19). The second-order valence-electron chi connectivity index (χ2n) is 5.62. The van der Waals surface area contributed by atoms with Gasteiger partial charge in [0.05, 0.1) is 0 Å². The number of halogens is 1. The molecule has 1 amide bonds. The van der Waals surface area contributed by atoms with Gasteiger partial charge in [0.25, 0.3) is 5.91 Å². The first kappa shape index (κ1) is 16.9. The molecule has 1 N–H and O–H groups in total. The smallest absolute Gasteiger partial charge is 0.251 e. The summed E-state index contributed by atoms with van der Waals surface area (Å²) in [6.45, 7) is 10.00. The number of carbonyl (C=O) groups is 1. The van der Waals surface area contributed by atoms with Crippen molar-refractivity contribution in [3.8, 4) is 0 Å². The van der Waals surface area contributed by atoms with Gasteiger partial charge in [0.1, 0.15) is 5.15 Å². The maximum Gasteiger partial charge on any atom is 0.251 e. The highest BCUT2D eigenvalue weighted by atomic mass is 35.5. The Hall–Kier alpha value is -1.13. The van der Waals surface area contributed by atoms with Gasteiger partial charge < -0.3 is 10.1 Å². The Morgan fingerprint density at radius 2 is 2.10 bits per heavy atom. The molecule has 1 aromatic rings. The van der Waals surface area contributed by atoms with Gasteiger partial charge in [-0.15, -0.1) is 0 Å². The van der Waals surface area contributed by atoms with Crippen LogP contribution >= 0.6 is 11.6 Å². The van der Waals surface area contributed by atoms with Gasteiger partial charge in [0, 0.05) is 36.4 Å². The van der Waals surface area contributed by atoms with Crippen molar-refractivity contribution in [3.63, 3.8) is 0 Å². The molecule has 0 aliphatic carbocycles. The molecule has 1 rings (SSSR count). The molecule has 0 radical (unpaired) electrons. The fraction of sp³-hybridized carbons (Fsp3) is 0.600. The molecule has 0 atom stereocenters. The minimum Gasteiger partial charge on any atom is -0.382 e. The lowest BCUT2D eigenvalue weighted by Crippen LogP contribution is -2.26. The molecule has 1 aromatic heterocycles. The number of pyridine rings is 1. The highest BCUT2D eigenvalue weighted by Crippen LogP contribution is 2.23. The molecule has 0 unspecified atom stereocenters. The average molecular weight is 299 g/mol. The summed E-state index contributed by atoms with van der Waals surface area (Å²) in [6, 6.07) is 3.39. The van der Waals surface area contributed by atoms with Gasteiger partial charge in [-0.1, -0.05) is 32.4 Å². The fourth-order valence-electron chi connectivity index (χ4n) is 1.63. The van der Waals surface area contributed by atoms with Gasteiger partial charge >= 0.3 is 0 Å². The van der Waals surface area contributed by atoms with Gasteiger partial charge in [0.15, 0.2) is 0 Å². The van der Waals surface area contributed by atoms with E-state index in [9.17, 15) is 4.79 Å². The molecule has 0 saturated heterocycles. The SMILES string of the molecule is CCOCCCNC(=O)c1cc(Cl)nc(C(C)(C)C)c1. The number of rotatable bonds is 6. The summed E-state index contributed by atoms with van der Waals surface area (Å²) >= 11 is 5.99. The van der Waals surface area contributed by atoms with Crippen molar-refractivity contribution < 1.29 is 9.53 Å². The van der Waals surface area contributed by atoms with E-state index in [4.69, 9.17) is 16.3 Å². The Kier molecular flexibility index (Phi) is 6.43. The first-order chi connectivity index (χ1) is 9.34. The molecule has 5 heteroatoms. The van der Waals surface area contributed by atoms with Crippen molar-refractivity contribution in [2.75, 3.05) is 19.8 Å². The summed E-state index contributed by atoms with van der Waals surface area (Å²) in [5.74, 6) is -0.128. The van der Waals surface area contributed by atoms with E-state index >= 15 is 0 Å². The van der Waals surface area contributed by atoms with Gasteiger partial charge in [-0.25, -0.2) is 4.98 Å². The van der Waals surface area contributed by atoms with Crippen LogP contribution in [0.2, 0.25) is 5.15 Å². The van der Waals surface area contributed by atoms with E-state index in [0.717, 1.165) is 12.1 Å². The molecule has 0 saturated carbocycles. The Morgan fingerprint density at radius 3 is 2.70 bits per heavy atom. The third-order valence-electron chi connectivity index (χ3n) is 2.78. The van der Waals surface area contributed by atoms with Crippen LogP contribution in [-0.4, -0.2) is 30.6 Å². The molecule has 0 bridgehead atoms. The number of aromatic nitrogens is 1. The van der Waals surface area contributed by atoms with E-state index in [1.807, 2.05) is 27.7 Å². The second-order valence-corrected chi connectivity index (χ2v) is 6.01. The zero-order chi connectivity index (χ0) is 15.2. The summed E-state index contributed by atoms with van der Waals surface area (Å²) in [7, 11) is 0. The maximum atomic E-state index is 12.1. The van der Waals surface area contributed by atoms with Crippen LogP contribution in [-0.2, 0) is 10.2 Å². The molecule has 0 spiro atoms. The maximum absolute atomic E-state index is 12.1. The third-order valence-corrected chi connectivity index (χ3v) is 2.97. The minimum absolute atomic E-state index is 0.128. The number of ether oxygens (including phenoxy) is 1. The molecule has 0 aromatic carbocycles. The number of hydrogen-bond donors (Lipinski definition) is 1. The molecule has 0 aliphatic rings. The molecule has 1 heterocycles. The van der Waals surface area contributed by atoms with E-state index in [0.29, 0.717) is 30.5 Å². The summed E-state index contributed by atoms with van der Waals surface area (Å²) in [5, 5.41) is 3.20. The summed E-state index contributed by atoms with van der Waals surface area (Å²) in [4.78, 5) is 16.3. The number of amides is 1. The van der Waals surface area contributed by atoms with E-state index in [1.165, 1.54) is 0 Å². The van der Waals surface area contributed by atoms with Gasteiger partial charge in [-0.3, -0.25) is 4.79 Å². The molecule has 20 heavy (non-hydrogen) atoms. The topological polar surface area (TPSA) is 51.2 Å². The van der Waals surface area contributed by atoms with Crippen LogP contribution in [0.4, 0.5) is 0 Å². The monoisotopic (exact) mass is 298 g/mol. The van der Waals surface area contributed by atoms with E-state index in [2.05, 4.69) is 10.3 Å². The lowest BCUT2D eigenvalue weighted by molar-refractivity contribution is 0.0944. The van der Waals surface area contributed by atoms with Crippen LogP contribution in [0.5, 0.6) is 0 Å². The average Bonchev–Trinajstić information content (AvgIpc) is 2.36. The lowest BCUT2D eigenvalue weighted by Gasteiger charge is -2.18. The van der Waals surface area contributed by atoms with Crippen LogP contribution in [0.25, 0.3) is 0 Å². The van der Waals surface area contributed by atoms with Crippen molar-refractivity contribution in [1.29, 1.82) is 0 Å². The Labute approximate surface area is 125 Å². The predicted octanol–water partition coefficient (Wildman–Crippen LogP) is 3.19.